The standard InChI is InChI=1S/C19H16O/c1-2-17(20)15-10-8-14-7-6-12-4-3-5-13-9-11-16(15)19(14)18(12)13/h3-8,10H,2,9,11H2,1H3. The van der Waals surface area contributed by atoms with Crippen LogP contribution in [0.5, 0.6) is 0 Å². The van der Waals surface area contributed by atoms with E-state index < -0.39 is 0 Å². The van der Waals surface area contributed by atoms with Crippen molar-refractivity contribution in [3.63, 3.8) is 0 Å². The molecule has 98 valence electrons. The molecule has 0 spiro atoms. The third kappa shape index (κ3) is 1.46. The number of rotatable bonds is 2. The summed E-state index contributed by atoms with van der Waals surface area (Å²) in [4.78, 5) is 12.2. The molecular formula is C19H16O. The second-order valence-electron chi connectivity index (χ2n) is 5.55. The highest BCUT2D eigenvalue weighted by Gasteiger charge is 2.19. The molecule has 1 aliphatic carbocycles. The van der Waals surface area contributed by atoms with Gasteiger partial charge >= 0.3 is 0 Å². The first-order valence-electron chi connectivity index (χ1n) is 7.29. The maximum Gasteiger partial charge on any atom is 0.162 e. The van der Waals surface area contributed by atoms with E-state index in [0.29, 0.717) is 6.42 Å². The largest absolute Gasteiger partial charge is 0.294 e. The van der Waals surface area contributed by atoms with E-state index >= 15 is 0 Å². The second kappa shape index (κ2) is 4.17. The Labute approximate surface area is 118 Å². The van der Waals surface area contributed by atoms with Gasteiger partial charge < -0.3 is 0 Å². The van der Waals surface area contributed by atoms with Crippen LogP contribution in [0.3, 0.4) is 0 Å². The molecule has 0 unspecified atom stereocenters. The summed E-state index contributed by atoms with van der Waals surface area (Å²) in [5.74, 6) is 0.262. The Hall–Kier alpha value is -2.15. The van der Waals surface area contributed by atoms with Crippen LogP contribution >= 0.6 is 0 Å². The molecule has 0 heterocycles. The summed E-state index contributed by atoms with van der Waals surface area (Å²) in [7, 11) is 0. The van der Waals surface area contributed by atoms with Gasteiger partial charge in [0.15, 0.2) is 5.78 Å². The van der Waals surface area contributed by atoms with Gasteiger partial charge in [-0.05, 0) is 45.5 Å². The van der Waals surface area contributed by atoms with Crippen LogP contribution in [0.1, 0.15) is 34.8 Å². The van der Waals surface area contributed by atoms with E-state index in [1.54, 1.807) is 0 Å². The molecule has 0 radical (unpaired) electrons. The van der Waals surface area contributed by atoms with E-state index in [9.17, 15) is 4.79 Å². The summed E-state index contributed by atoms with van der Waals surface area (Å²) in [6.45, 7) is 1.94. The van der Waals surface area contributed by atoms with Crippen LogP contribution in [-0.4, -0.2) is 5.78 Å². The van der Waals surface area contributed by atoms with Crippen LogP contribution in [0, 0.1) is 0 Å². The molecular weight excluding hydrogens is 244 g/mol. The zero-order chi connectivity index (χ0) is 13.7. The first-order valence-corrected chi connectivity index (χ1v) is 7.29. The summed E-state index contributed by atoms with van der Waals surface area (Å²) in [5, 5.41) is 5.21. The molecule has 0 aromatic heterocycles. The number of benzene rings is 3. The lowest BCUT2D eigenvalue weighted by atomic mass is 9.83. The molecule has 4 rings (SSSR count). The Bertz CT molecular complexity index is 858. The lowest BCUT2D eigenvalue weighted by molar-refractivity contribution is 0.0987. The molecule has 1 nitrogen and oxygen atoms in total. The van der Waals surface area contributed by atoms with Crippen molar-refractivity contribution in [2.24, 2.45) is 0 Å². The Kier molecular flexibility index (Phi) is 2.43. The minimum atomic E-state index is 0.262. The fourth-order valence-electron chi connectivity index (χ4n) is 3.52. The molecule has 0 fully saturated rings. The lowest BCUT2D eigenvalue weighted by Crippen LogP contribution is -2.08. The van der Waals surface area contributed by atoms with Crippen molar-refractivity contribution >= 4 is 27.3 Å². The third-order valence-corrected chi connectivity index (χ3v) is 4.49. The molecule has 3 aromatic carbocycles. The SMILES string of the molecule is CCC(=O)c1ccc2ccc3cccc4c3c2c1CC4. The number of carbonyl (C=O) groups excluding carboxylic acids is 1. The Morgan fingerprint density at radius 2 is 1.70 bits per heavy atom. The first-order chi connectivity index (χ1) is 9.79. The maximum absolute atomic E-state index is 12.2. The van der Waals surface area contributed by atoms with Gasteiger partial charge in [-0.15, -0.1) is 0 Å². The van der Waals surface area contributed by atoms with Crippen molar-refractivity contribution < 1.29 is 4.79 Å². The van der Waals surface area contributed by atoms with Crippen LogP contribution in [0.15, 0.2) is 42.5 Å². The fraction of sp³-hybridized carbons (Fsp3) is 0.211. The normalized spacial score (nSPS) is 13.2. The Balaban J connectivity index is 2.22. The van der Waals surface area contributed by atoms with Gasteiger partial charge in [-0.25, -0.2) is 0 Å². The summed E-state index contributed by atoms with van der Waals surface area (Å²) in [6.07, 6.45) is 2.60. The van der Waals surface area contributed by atoms with E-state index in [0.717, 1.165) is 18.4 Å². The number of Topliss-reactive ketones (excluding diaryl/α,β-unsaturated/α-hetero) is 1. The predicted molar refractivity (Wildman–Crippen MR) is 83.5 cm³/mol. The predicted octanol–water partition coefficient (Wildman–Crippen LogP) is 4.68. The molecule has 0 saturated heterocycles. The van der Waals surface area contributed by atoms with E-state index in [2.05, 4.69) is 36.4 Å². The number of ketones is 1. The van der Waals surface area contributed by atoms with Crippen LogP contribution in [-0.2, 0) is 12.8 Å². The molecule has 0 bridgehead atoms. The summed E-state index contributed by atoms with van der Waals surface area (Å²) >= 11 is 0. The molecule has 0 atom stereocenters. The third-order valence-electron chi connectivity index (χ3n) is 4.49. The van der Waals surface area contributed by atoms with Gasteiger partial charge in [0.05, 0.1) is 0 Å². The minimum Gasteiger partial charge on any atom is -0.294 e. The van der Waals surface area contributed by atoms with Gasteiger partial charge in [-0.2, -0.15) is 0 Å². The molecule has 0 N–H and O–H groups in total. The van der Waals surface area contributed by atoms with Crippen molar-refractivity contribution in [3.05, 3.63) is 59.2 Å². The van der Waals surface area contributed by atoms with Gasteiger partial charge in [0.25, 0.3) is 0 Å². The highest BCUT2D eigenvalue weighted by Crippen LogP contribution is 2.37. The van der Waals surface area contributed by atoms with Crippen LogP contribution in [0.2, 0.25) is 0 Å². The summed E-state index contributed by atoms with van der Waals surface area (Å²) in [5.41, 5.74) is 3.61. The van der Waals surface area contributed by atoms with E-state index in [1.165, 1.54) is 32.7 Å². The summed E-state index contributed by atoms with van der Waals surface area (Å²) < 4.78 is 0. The van der Waals surface area contributed by atoms with E-state index in [4.69, 9.17) is 0 Å². The number of hydrogen-bond donors (Lipinski definition) is 0. The van der Waals surface area contributed by atoms with Gasteiger partial charge in [-0.3, -0.25) is 4.79 Å². The number of hydrogen-bond acceptors (Lipinski definition) is 1. The van der Waals surface area contributed by atoms with Gasteiger partial charge in [0, 0.05) is 12.0 Å². The van der Waals surface area contributed by atoms with Crippen molar-refractivity contribution in [3.8, 4) is 0 Å². The average molecular weight is 260 g/mol. The highest BCUT2D eigenvalue weighted by molar-refractivity contribution is 6.14. The minimum absolute atomic E-state index is 0.262. The van der Waals surface area contributed by atoms with Crippen molar-refractivity contribution in [2.75, 3.05) is 0 Å². The topological polar surface area (TPSA) is 17.1 Å². The zero-order valence-corrected chi connectivity index (χ0v) is 11.6. The first kappa shape index (κ1) is 11.7. The molecule has 0 amide bonds. The zero-order valence-electron chi connectivity index (χ0n) is 11.6. The maximum atomic E-state index is 12.2. The van der Waals surface area contributed by atoms with E-state index in [1.807, 2.05) is 13.0 Å². The molecule has 20 heavy (non-hydrogen) atoms. The van der Waals surface area contributed by atoms with Crippen molar-refractivity contribution in [1.82, 2.24) is 0 Å². The van der Waals surface area contributed by atoms with Gasteiger partial charge in [0.1, 0.15) is 0 Å². The Morgan fingerprint density at radius 1 is 0.950 bits per heavy atom. The number of aryl methyl sites for hydroxylation is 2. The molecule has 1 aliphatic rings. The van der Waals surface area contributed by atoms with Crippen LogP contribution < -0.4 is 0 Å². The fourth-order valence-corrected chi connectivity index (χ4v) is 3.52. The Morgan fingerprint density at radius 3 is 2.50 bits per heavy atom. The lowest BCUT2D eigenvalue weighted by Gasteiger charge is -2.20. The van der Waals surface area contributed by atoms with Gasteiger partial charge in [0.2, 0.25) is 0 Å². The van der Waals surface area contributed by atoms with Crippen LogP contribution in [0.25, 0.3) is 21.5 Å². The van der Waals surface area contributed by atoms with Crippen molar-refractivity contribution in [2.45, 2.75) is 26.2 Å². The molecule has 0 saturated carbocycles. The second-order valence-corrected chi connectivity index (χ2v) is 5.55. The van der Waals surface area contributed by atoms with E-state index in [-0.39, 0.29) is 5.78 Å². The number of carbonyl (C=O) groups is 1. The average Bonchev–Trinajstić information content (AvgIpc) is 2.51. The summed E-state index contributed by atoms with van der Waals surface area (Å²) in [6, 6.07) is 15.0. The van der Waals surface area contributed by atoms with Crippen molar-refractivity contribution in [1.29, 1.82) is 0 Å². The monoisotopic (exact) mass is 260 g/mol. The van der Waals surface area contributed by atoms with Gasteiger partial charge in [-0.1, -0.05) is 49.4 Å². The molecule has 0 aliphatic heterocycles. The molecule has 3 aromatic rings. The van der Waals surface area contributed by atoms with Crippen LogP contribution in [0.4, 0.5) is 0 Å². The quantitative estimate of drug-likeness (QED) is 0.483. The molecule has 1 heteroatoms. The smallest absolute Gasteiger partial charge is 0.162 e. The highest BCUT2D eigenvalue weighted by atomic mass is 16.1.